The molecule has 0 bridgehead atoms. The standard InChI is InChI=1S/C15H25N3O2S/c1-18(2)12-4-3-11-17-21(19,20)15-9-5-8-14-13(15)7-6-10-16-14/h5,8-9,16-17H,3-4,6-7,10-12H2,1-2H3. The highest BCUT2D eigenvalue weighted by Gasteiger charge is 2.21. The van der Waals surface area contributed by atoms with Crippen LogP contribution in [0, 0.1) is 0 Å². The number of hydrogen-bond donors (Lipinski definition) is 2. The number of nitrogens with zero attached hydrogens (tertiary/aromatic N) is 1. The zero-order valence-corrected chi connectivity index (χ0v) is 13.7. The number of nitrogens with one attached hydrogen (secondary N) is 2. The number of sulfonamides is 1. The quantitative estimate of drug-likeness (QED) is 0.752. The molecule has 0 aliphatic carbocycles. The number of anilines is 1. The van der Waals surface area contributed by atoms with E-state index in [2.05, 4.69) is 14.9 Å². The summed E-state index contributed by atoms with van der Waals surface area (Å²) in [5, 5.41) is 3.27. The third-order valence-corrected chi connectivity index (χ3v) is 5.21. The summed E-state index contributed by atoms with van der Waals surface area (Å²) in [5.74, 6) is 0. The van der Waals surface area contributed by atoms with Crippen molar-refractivity contribution in [3.63, 3.8) is 0 Å². The van der Waals surface area contributed by atoms with Gasteiger partial charge in [-0.05, 0) is 64.0 Å². The Bertz CT molecular complexity index is 570. The molecule has 0 saturated carbocycles. The molecule has 6 heteroatoms. The molecule has 1 aliphatic rings. The highest BCUT2D eigenvalue weighted by Crippen LogP contribution is 2.28. The first-order valence-corrected chi connectivity index (χ1v) is 8.99. The van der Waals surface area contributed by atoms with Gasteiger partial charge in [-0.3, -0.25) is 0 Å². The van der Waals surface area contributed by atoms with Crippen molar-refractivity contribution in [2.45, 2.75) is 30.6 Å². The summed E-state index contributed by atoms with van der Waals surface area (Å²) in [4.78, 5) is 2.54. The molecule has 1 heterocycles. The molecule has 1 aromatic carbocycles. The Balaban J connectivity index is 2.00. The van der Waals surface area contributed by atoms with Crippen molar-refractivity contribution in [3.05, 3.63) is 23.8 Å². The highest BCUT2D eigenvalue weighted by molar-refractivity contribution is 7.89. The zero-order valence-electron chi connectivity index (χ0n) is 12.9. The van der Waals surface area contributed by atoms with Crippen LogP contribution < -0.4 is 10.0 Å². The van der Waals surface area contributed by atoms with Gasteiger partial charge in [0.1, 0.15) is 0 Å². The molecular formula is C15H25N3O2S. The minimum Gasteiger partial charge on any atom is -0.385 e. The Kier molecular flexibility index (Phi) is 5.61. The molecule has 0 aromatic heterocycles. The maximum absolute atomic E-state index is 12.5. The molecule has 5 nitrogen and oxygen atoms in total. The van der Waals surface area contributed by atoms with Gasteiger partial charge in [-0.25, -0.2) is 13.1 Å². The lowest BCUT2D eigenvalue weighted by atomic mass is 10.0. The summed E-state index contributed by atoms with van der Waals surface area (Å²) in [5.41, 5.74) is 1.88. The maximum Gasteiger partial charge on any atom is 0.240 e. The van der Waals surface area contributed by atoms with Gasteiger partial charge in [0.15, 0.2) is 0 Å². The predicted molar refractivity (Wildman–Crippen MR) is 86.2 cm³/mol. The average Bonchev–Trinajstić information content (AvgIpc) is 2.46. The molecule has 0 radical (unpaired) electrons. The topological polar surface area (TPSA) is 61.4 Å². The molecule has 0 unspecified atom stereocenters. The van der Waals surface area contributed by atoms with Gasteiger partial charge < -0.3 is 10.2 Å². The van der Waals surface area contributed by atoms with E-state index in [0.717, 1.165) is 50.0 Å². The van der Waals surface area contributed by atoms with E-state index in [1.807, 2.05) is 20.2 Å². The summed E-state index contributed by atoms with van der Waals surface area (Å²) in [6.45, 7) is 2.38. The van der Waals surface area contributed by atoms with Crippen molar-refractivity contribution in [2.75, 3.05) is 39.0 Å². The van der Waals surface area contributed by atoms with Crippen molar-refractivity contribution >= 4 is 15.7 Å². The number of rotatable bonds is 7. The van der Waals surface area contributed by atoms with Gasteiger partial charge in [0.2, 0.25) is 10.0 Å². The second-order valence-corrected chi connectivity index (χ2v) is 7.46. The number of hydrogen-bond acceptors (Lipinski definition) is 4. The molecule has 0 saturated heterocycles. The molecule has 1 aliphatic heterocycles. The van der Waals surface area contributed by atoms with Crippen LogP contribution in [0.1, 0.15) is 24.8 Å². The molecule has 118 valence electrons. The lowest BCUT2D eigenvalue weighted by molar-refractivity contribution is 0.394. The first-order chi connectivity index (χ1) is 10.0. The van der Waals surface area contributed by atoms with Gasteiger partial charge in [0, 0.05) is 18.8 Å². The van der Waals surface area contributed by atoms with Gasteiger partial charge in [0.05, 0.1) is 4.90 Å². The fourth-order valence-electron chi connectivity index (χ4n) is 2.57. The first-order valence-electron chi connectivity index (χ1n) is 7.51. The van der Waals surface area contributed by atoms with Crippen molar-refractivity contribution < 1.29 is 8.42 Å². The highest BCUT2D eigenvalue weighted by atomic mass is 32.2. The minimum atomic E-state index is -3.41. The molecule has 0 spiro atoms. The van der Waals surface area contributed by atoms with Gasteiger partial charge in [-0.15, -0.1) is 0 Å². The van der Waals surface area contributed by atoms with Crippen LogP contribution in [-0.4, -0.2) is 47.0 Å². The van der Waals surface area contributed by atoms with E-state index in [9.17, 15) is 8.42 Å². The monoisotopic (exact) mass is 311 g/mol. The summed E-state index contributed by atoms with van der Waals surface area (Å²) in [6.07, 6.45) is 3.64. The minimum absolute atomic E-state index is 0.430. The Labute approximate surface area is 127 Å². The lowest BCUT2D eigenvalue weighted by Crippen LogP contribution is -2.27. The van der Waals surface area contributed by atoms with E-state index < -0.39 is 10.0 Å². The fraction of sp³-hybridized carbons (Fsp3) is 0.600. The smallest absolute Gasteiger partial charge is 0.240 e. The maximum atomic E-state index is 12.5. The Morgan fingerprint density at radius 2 is 2.10 bits per heavy atom. The van der Waals surface area contributed by atoms with Crippen LogP contribution in [0.15, 0.2) is 23.1 Å². The summed E-state index contributed by atoms with van der Waals surface area (Å²) in [6, 6.07) is 5.45. The van der Waals surface area contributed by atoms with Crippen LogP contribution in [0.25, 0.3) is 0 Å². The predicted octanol–water partition coefficient (Wildman–Crippen LogP) is 1.66. The van der Waals surface area contributed by atoms with E-state index in [1.54, 1.807) is 12.1 Å². The van der Waals surface area contributed by atoms with Crippen molar-refractivity contribution in [3.8, 4) is 0 Å². The normalized spacial score (nSPS) is 14.8. The molecule has 0 amide bonds. The second-order valence-electron chi connectivity index (χ2n) is 5.72. The van der Waals surface area contributed by atoms with E-state index in [4.69, 9.17) is 0 Å². The summed E-state index contributed by atoms with van der Waals surface area (Å²) < 4.78 is 27.6. The largest absolute Gasteiger partial charge is 0.385 e. The van der Waals surface area contributed by atoms with Crippen molar-refractivity contribution in [1.82, 2.24) is 9.62 Å². The van der Waals surface area contributed by atoms with Crippen LogP contribution in [0.3, 0.4) is 0 Å². The van der Waals surface area contributed by atoms with Crippen LogP contribution in [-0.2, 0) is 16.4 Å². The number of unbranched alkanes of at least 4 members (excludes halogenated alkanes) is 1. The van der Waals surface area contributed by atoms with Gasteiger partial charge in [-0.1, -0.05) is 6.07 Å². The molecule has 21 heavy (non-hydrogen) atoms. The lowest BCUT2D eigenvalue weighted by Gasteiger charge is -2.21. The van der Waals surface area contributed by atoms with Gasteiger partial charge in [-0.2, -0.15) is 0 Å². The zero-order chi connectivity index (χ0) is 15.3. The van der Waals surface area contributed by atoms with E-state index >= 15 is 0 Å². The first kappa shape index (κ1) is 16.3. The Morgan fingerprint density at radius 1 is 1.29 bits per heavy atom. The van der Waals surface area contributed by atoms with Crippen molar-refractivity contribution in [1.29, 1.82) is 0 Å². The van der Waals surface area contributed by atoms with E-state index in [0.29, 0.717) is 11.4 Å². The molecule has 2 N–H and O–H groups in total. The third-order valence-electron chi connectivity index (χ3n) is 3.67. The Hall–Kier alpha value is -1.11. The third kappa shape index (κ3) is 4.43. The van der Waals surface area contributed by atoms with Crippen LogP contribution in [0.4, 0.5) is 5.69 Å². The van der Waals surface area contributed by atoms with Gasteiger partial charge in [0.25, 0.3) is 0 Å². The molecule has 0 fully saturated rings. The van der Waals surface area contributed by atoms with E-state index in [-0.39, 0.29) is 0 Å². The molecule has 2 rings (SSSR count). The van der Waals surface area contributed by atoms with Crippen molar-refractivity contribution in [2.24, 2.45) is 0 Å². The van der Waals surface area contributed by atoms with Gasteiger partial charge >= 0.3 is 0 Å². The SMILES string of the molecule is CN(C)CCCCNS(=O)(=O)c1cccc2c1CCCN2. The average molecular weight is 311 g/mol. The summed E-state index contributed by atoms with van der Waals surface area (Å²) in [7, 11) is 0.636. The van der Waals surface area contributed by atoms with Crippen LogP contribution in [0.2, 0.25) is 0 Å². The second kappa shape index (κ2) is 7.24. The van der Waals surface area contributed by atoms with E-state index in [1.165, 1.54) is 0 Å². The molecule has 1 aromatic rings. The molecule has 0 atom stereocenters. The molecular weight excluding hydrogens is 286 g/mol. The fourth-order valence-corrected chi connectivity index (χ4v) is 3.93. The Morgan fingerprint density at radius 3 is 2.86 bits per heavy atom. The summed E-state index contributed by atoms with van der Waals surface area (Å²) >= 11 is 0. The number of benzene rings is 1. The van der Waals surface area contributed by atoms with Crippen LogP contribution in [0.5, 0.6) is 0 Å². The van der Waals surface area contributed by atoms with Crippen LogP contribution >= 0.6 is 0 Å². The number of fused-ring (bicyclic) bond motifs is 1.